The van der Waals surface area contributed by atoms with Crippen LogP contribution in [0.1, 0.15) is 59.4 Å². The number of hydrogen-bond acceptors (Lipinski definition) is 1. The molecule has 1 aliphatic heterocycles. The highest BCUT2D eigenvalue weighted by atomic mass is 16.5. The van der Waals surface area contributed by atoms with Gasteiger partial charge >= 0.3 is 0 Å². The minimum Gasteiger partial charge on any atom is -0.366 e. The maximum atomic E-state index is 6.25. The Morgan fingerprint density at radius 2 is 1.82 bits per heavy atom. The molecule has 0 saturated heterocycles. The lowest BCUT2D eigenvalue weighted by molar-refractivity contribution is 0.0307. The molecule has 2 atom stereocenters. The summed E-state index contributed by atoms with van der Waals surface area (Å²) in [5, 5.41) is 0. The number of rotatable bonds is 4. The first-order chi connectivity index (χ1) is 10.4. The summed E-state index contributed by atoms with van der Waals surface area (Å²) in [6, 6.07) is 10.5. The Morgan fingerprint density at radius 3 is 2.41 bits per heavy atom. The van der Waals surface area contributed by atoms with Crippen LogP contribution >= 0.6 is 0 Å². The van der Waals surface area contributed by atoms with E-state index < -0.39 is 0 Å². The fourth-order valence-electron chi connectivity index (χ4n) is 3.04. The fourth-order valence-corrected chi connectivity index (χ4v) is 3.04. The predicted molar refractivity (Wildman–Crippen MR) is 95.8 cm³/mol. The van der Waals surface area contributed by atoms with E-state index in [1.165, 1.54) is 29.6 Å². The highest BCUT2D eigenvalue weighted by Crippen LogP contribution is 2.39. The lowest BCUT2D eigenvalue weighted by Gasteiger charge is -2.36. The van der Waals surface area contributed by atoms with Gasteiger partial charge in [0, 0.05) is 0 Å². The smallest absolute Gasteiger partial charge is 0.0807 e. The normalized spacial score (nSPS) is 24.4. The summed E-state index contributed by atoms with van der Waals surface area (Å²) in [7, 11) is 0. The Bertz CT molecular complexity index is 531. The van der Waals surface area contributed by atoms with E-state index in [1.54, 1.807) is 0 Å². The van der Waals surface area contributed by atoms with Crippen molar-refractivity contribution >= 4 is 6.08 Å². The molecule has 1 aliphatic rings. The molecule has 0 saturated carbocycles. The van der Waals surface area contributed by atoms with Crippen LogP contribution in [0.5, 0.6) is 0 Å². The van der Waals surface area contributed by atoms with Gasteiger partial charge in [-0.3, -0.25) is 0 Å². The molecule has 0 fully saturated rings. The third-order valence-corrected chi connectivity index (χ3v) is 4.25. The molecule has 22 heavy (non-hydrogen) atoms. The lowest BCUT2D eigenvalue weighted by Crippen LogP contribution is -2.30. The number of ether oxygens (including phenoxy) is 1. The highest BCUT2D eigenvalue weighted by Gasteiger charge is 2.30. The first-order valence-corrected chi connectivity index (χ1v) is 8.56. The van der Waals surface area contributed by atoms with Crippen LogP contribution in [0.25, 0.3) is 6.08 Å². The van der Waals surface area contributed by atoms with Crippen LogP contribution in [0.2, 0.25) is 0 Å². The van der Waals surface area contributed by atoms with Crippen molar-refractivity contribution in [2.24, 2.45) is 5.41 Å². The molecule has 1 heterocycles. The average molecular weight is 298 g/mol. The predicted octanol–water partition coefficient (Wildman–Crippen LogP) is 6.02. The number of unbranched alkanes of at least 4 members (excludes halogenated alkanes) is 1. The zero-order valence-corrected chi connectivity index (χ0v) is 14.7. The lowest BCUT2D eigenvalue weighted by atomic mass is 9.77. The van der Waals surface area contributed by atoms with Crippen molar-refractivity contribution in [2.45, 2.75) is 66.1 Å². The van der Waals surface area contributed by atoms with E-state index in [2.05, 4.69) is 77.1 Å². The van der Waals surface area contributed by atoms with Crippen LogP contribution in [-0.4, -0.2) is 12.2 Å². The zero-order chi connectivity index (χ0) is 16.2. The van der Waals surface area contributed by atoms with E-state index >= 15 is 0 Å². The fraction of sp³-hybridized carbons (Fsp3) is 0.524. The summed E-state index contributed by atoms with van der Waals surface area (Å²) in [6.07, 6.45) is 8.64. The molecule has 0 radical (unpaired) electrons. The van der Waals surface area contributed by atoms with Crippen LogP contribution in [-0.2, 0) is 4.74 Å². The van der Waals surface area contributed by atoms with Crippen molar-refractivity contribution in [1.82, 2.24) is 0 Å². The molecule has 0 aliphatic carbocycles. The largest absolute Gasteiger partial charge is 0.366 e. The molecule has 0 unspecified atom stereocenters. The van der Waals surface area contributed by atoms with E-state index in [1.807, 2.05) is 0 Å². The second-order valence-electron chi connectivity index (χ2n) is 7.30. The molecule has 1 heteroatoms. The van der Waals surface area contributed by atoms with E-state index in [9.17, 15) is 0 Å². The molecule has 1 nitrogen and oxygen atoms in total. The van der Waals surface area contributed by atoms with Gasteiger partial charge in [0.2, 0.25) is 0 Å². The van der Waals surface area contributed by atoms with Gasteiger partial charge in [-0.1, -0.05) is 76.9 Å². The van der Waals surface area contributed by atoms with Gasteiger partial charge in [0.25, 0.3) is 0 Å². The van der Waals surface area contributed by atoms with Crippen molar-refractivity contribution in [3.63, 3.8) is 0 Å². The maximum Gasteiger partial charge on any atom is 0.0807 e. The highest BCUT2D eigenvalue weighted by molar-refractivity contribution is 5.61. The van der Waals surface area contributed by atoms with Gasteiger partial charge in [0.1, 0.15) is 0 Å². The van der Waals surface area contributed by atoms with Gasteiger partial charge < -0.3 is 4.74 Å². The molecule has 0 spiro atoms. The topological polar surface area (TPSA) is 9.23 Å². The second-order valence-corrected chi connectivity index (χ2v) is 7.30. The summed E-state index contributed by atoms with van der Waals surface area (Å²) in [5.74, 6) is 0. The third kappa shape index (κ3) is 4.33. The molecular formula is C21H30O. The van der Waals surface area contributed by atoms with E-state index in [4.69, 9.17) is 4.74 Å². The van der Waals surface area contributed by atoms with Gasteiger partial charge in [0.15, 0.2) is 0 Å². The Kier molecular flexibility index (Phi) is 5.63. The molecule has 1 aromatic carbocycles. The van der Waals surface area contributed by atoms with Crippen molar-refractivity contribution < 1.29 is 4.74 Å². The molecular weight excluding hydrogens is 268 g/mol. The SMILES string of the molecule is CCCC[C@H]1C=C(C(C)(C)C)/C(=C\c2ccccc2)[C@H](C)O1. The summed E-state index contributed by atoms with van der Waals surface area (Å²) >= 11 is 0. The minimum absolute atomic E-state index is 0.142. The first-order valence-electron chi connectivity index (χ1n) is 8.56. The number of benzene rings is 1. The molecule has 0 amide bonds. The maximum absolute atomic E-state index is 6.25. The molecule has 0 N–H and O–H groups in total. The zero-order valence-electron chi connectivity index (χ0n) is 14.7. The monoisotopic (exact) mass is 298 g/mol. The van der Waals surface area contributed by atoms with E-state index in [-0.39, 0.29) is 17.6 Å². The number of hydrogen-bond donors (Lipinski definition) is 0. The Labute approximate surface area is 136 Å². The summed E-state index contributed by atoms with van der Waals surface area (Å²) in [4.78, 5) is 0. The molecule has 120 valence electrons. The molecule has 0 aromatic heterocycles. The molecule has 0 bridgehead atoms. The van der Waals surface area contributed by atoms with Crippen LogP contribution in [0, 0.1) is 5.41 Å². The standard InChI is InChI=1S/C21H30O/c1-6-7-13-18-15-20(21(3,4)5)19(16(2)22-18)14-17-11-9-8-10-12-17/h8-12,14-16,18H,6-7,13H2,1-5H3/b19-14-/t16-,18-/m0/s1. The van der Waals surface area contributed by atoms with Crippen molar-refractivity contribution in [3.05, 3.63) is 53.1 Å². The summed E-state index contributed by atoms with van der Waals surface area (Å²) in [6.45, 7) is 11.3. The Morgan fingerprint density at radius 1 is 1.14 bits per heavy atom. The van der Waals surface area contributed by atoms with E-state index in [0.29, 0.717) is 0 Å². The molecule has 1 aromatic rings. The van der Waals surface area contributed by atoms with Gasteiger partial charge in [-0.05, 0) is 41.5 Å². The third-order valence-electron chi connectivity index (χ3n) is 4.25. The quantitative estimate of drug-likeness (QED) is 0.660. The van der Waals surface area contributed by atoms with Crippen molar-refractivity contribution in [3.8, 4) is 0 Å². The van der Waals surface area contributed by atoms with Crippen LogP contribution in [0.3, 0.4) is 0 Å². The Balaban J connectivity index is 2.37. The Hall–Kier alpha value is -1.34. The first kappa shape index (κ1) is 17.0. The van der Waals surface area contributed by atoms with Crippen LogP contribution in [0.4, 0.5) is 0 Å². The van der Waals surface area contributed by atoms with Gasteiger partial charge in [0.05, 0.1) is 12.2 Å². The van der Waals surface area contributed by atoms with Crippen molar-refractivity contribution in [2.75, 3.05) is 0 Å². The van der Waals surface area contributed by atoms with Crippen LogP contribution in [0.15, 0.2) is 47.6 Å². The van der Waals surface area contributed by atoms with Crippen molar-refractivity contribution in [1.29, 1.82) is 0 Å². The second kappa shape index (κ2) is 7.28. The average Bonchev–Trinajstić information content (AvgIpc) is 2.47. The summed E-state index contributed by atoms with van der Waals surface area (Å²) < 4.78 is 6.25. The molecule has 2 rings (SSSR count). The van der Waals surface area contributed by atoms with Gasteiger partial charge in [-0.25, -0.2) is 0 Å². The van der Waals surface area contributed by atoms with Gasteiger partial charge in [-0.2, -0.15) is 0 Å². The van der Waals surface area contributed by atoms with Crippen LogP contribution < -0.4 is 0 Å². The van der Waals surface area contributed by atoms with Gasteiger partial charge in [-0.15, -0.1) is 0 Å². The summed E-state index contributed by atoms with van der Waals surface area (Å²) in [5.41, 5.74) is 4.15. The van der Waals surface area contributed by atoms with E-state index in [0.717, 1.165) is 6.42 Å². The minimum atomic E-state index is 0.142.